The summed E-state index contributed by atoms with van der Waals surface area (Å²) in [6.45, 7) is 2.42. The van der Waals surface area contributed by atoms with Crippen LogP contribution < -0.4 is 5.32 Å². The van der Waals surface area contributed by atoms with Crippen molar-refractivity contribution in [2.75, 3.05) is 19.8 Å². The molecule has 2 aliphatic heterocycles. The largest absolute Gasteiger partial charge is 0.384 e. The van der Waals surface area contributed by atoms with Gasteiger partial charge in [0.15, 0.2) is 0 Å². The van der Waals surface area contributed by atoms with Gasteiger partial charge >= 0.3 is 0 Å². The number of rotatable bonds is 1. The van der Waals surface area contributed by atoms with Crippen molar-refractivity contribution >= 4 is 0 Å². The molecule has 0 aromatic heterocycles. The predicted molar refractivity (Wildman–Crippen MR) is 62.1 cm³/mol. The van der Waals surface area contributed by atoms with Gasteiger partial charge in [-0.2, -0.15) is 0 Å². The van der Waals surface area contributed by atoms with E-state index in [2.05, 4.69) is 5.32 Å². The molecule has 1 atom stereocenters. The Kier molecular flexibility index (Phi) is 2.43. The lowest BCUT2D eigenvalue weighted by Crippen LogP contribution is -2.33. The highest BCUT2D eigenvalue weighted by molar-refractivity contribution is 5.44. The highest BCUT2D eigenvalue weighted by Crippen LogP contribution is 2.46. The van der Waals surface area contributed by atoms with E-state index in [1.807, 2.05) is 12.2 Å². The predicted octanol–water partition coefficient (Wildman–Crippen LogP) is 1.25. The third kappa shape index (κ3) is 1.65. The summed E-state index contributed by atoms with van der Waals surface area (Å²) in [5.74, 6) is 0. The maximum atomic E-state index is 10.9. The molecule has 5 nitrogen and oxygen atoms in total. The van der Waals surface area contributed by atoms with Crippen molar-refractivity contribution in [2.24, 2.45) is 5.41 Å². The molecule has 17 heavy (non-hydrogen) atoms. The Morgan fingerprint density at radius 1 is 1.47 bits per heavy atom. The summed E-state index contributed by atoms with van der Waals surface area (Å²) in [4.78, 5) is 10.7. The quantitative estimate of drug-likeness (QED) is 0.549. The molecule has 2 fully saturated rings. The number of nitro groups is 1. The standard InChI is InChI=1S/C12H16N2O3/c15-14(16)9-1-2-11-10(7-9)12(8-13-11)3-5-17-6-4-12/h2,7,9,13H,1,3-6,8H2. The topological polar surface area (TPSA) is 64.4 Å². The minimum absolute atomic E-state index is 0.0821. The first kappa shape index (κ1) is 10.8. The summed E-state index contributed by atoms with van der Waals surface area (Å²) in [6.07, 6.45) is 6.28. The molecule has 1 spiro atoms. The molecule has 0 aromatic carbocycles. The lowest BCUT2D eigenvalue weighted by atomic mass is 9.73. The van der Waals surface area contributed by atoms with Crippen LogP contribution in [0.2, 0.25) is 0 Å². The molecule has 1 aliphatic carbocycles. The number of ether oxygens (including phenoxy) is 1. The zero-order valence-electron chi connectivity index (χ0n) is 9.65. The molecule has 0 amide bonds. The molecular weight excluding hydrogens is 220 g/mol. The second-order valence-corrected chi connectivity index (χ2v) is 5.03. The maximum absolute atomic E-state index is 10.9. The van der Waals surface area contributed by atoms with Crippen molar-refractivity contribution in [1.29, 1.82) is 0 Å². The van der Waals surface area contributed by atoms with E-state index in [1.165, 1.54) is 0 Å². The Morgan fingerprint density at radius 3 is 2.94 bits per heavy atom. The van der Waals surface area contributed by atoms with Gasteiger partial charge in [0.25, 0.3) is 0 Å². The molecular formula is C12H16N2O3. The minimum atomic E-state index is -0.548. The number of hydrogen-bond donors (Lipinski definition) is 1. The first-order valence-electron chi connectivity index (χ1n) is 6.09. The summed E-state index contributed by atoms with van der Waals surface area (Å²) in [5.41, 5.74) is 2.36. The highest BCUT2D eigenvalue weighted by atomic mass is 16.6. The van der Waals surface area contributed by atoms with E-state index in [0.717, 1.165) is 43.9 Å². The van der Waals surface area contributed by atoms with Crippen LogP contribution in [0.15, 0.2) is 23.4 Å². The normalized spacial score (nSPS) is 30.2. The Bertz CT molecular complexity index is 408. The van der Waals surface area contributed by atoms with E-state index in [4.69, 9.17) is 4.74 Å². The van der Waals surface area contributed by atoms with Crippen molar-refractivity contribution < 1.29 is 9.66 Å². The highest BCUT2D eigenvalue weighted by Gasteiger charge is 2.44. The lowest BCUT2D eigenvalue weighted by Gasteiger charge is -2.34. The first-order valence-corrected chi connectivity index (χ1v) is 6.09. The summed E-state index contributed by atoms with van der Waals surface area (Å²) in [7, 11) is 0. The lowest BCUT2D eigenvalue weighted by molar-refractivity contribution is -0.508. The molecule has 0 bridgehead atoms. The number of hydrogen-bond acceptors (Lipinski definition) is 4. The van der Waals surface area contributed by atoms with Gasteiger partial charge < -0.3 is 10.1 Å². The Hall–Kier alpha value is -1.36. The van der Waals surface area contributed by atoms with Crippen molar-refractivity contribution in [3.05, 3.63) is 33.5 Å². The first-order chi connectivity index (χ1) is 8.21. The average molecular weight is 236 g/mol. The van der Waals surface area contributed by atoms with Gasteiger partial charge in [-0.3, -0.25) is 10.1 Å². The molecule has 3 aliphatic rings. The molecule has 0 saturated carbocycles. The van der Waals surface area contributed by atoms with E-state index in [1.54, 1.807) is 0 Å². The van der Waals surface area contributed by atoms with E-state index < -0.39 is 6.04 Å². The van der Waals surface area contributed by atoms with Crippen molar-refractivity contribution in [2.45, 2.75) is 25.3 Å². The van der Waals surface area contributed by atoms with Crippen LogP contribution in [-0.2, 0) is 4.74 Å². The number of allylic oxidation sites excluding steroid dienone is 1. The Morgan fingerprint density at radius 2 is 2.24 bits per heavy atom. The van der Waals surface area contributed by atoms with Gasteiger partial charge in [-0.05, 0) is 24.5 Å². The van der Waals surface area contributed by atoms with Crippen LogP contribution in [0.5, 0.6) is 0 Å². The van der Waals surface area contributed by atoms with E-state index in [9.17, 15) is 10.1 Å². The monoisotopic (exact) mass is 236 g/mol. The van der Waals surface area contributed by atoms with Crippen molar-refractivity contribution in [3.63, 3.8) is 0 Å². The van der Waals surface area contributed by atoms with Gasteiger partial charge in [-0.25, -0.2) is 0 Å². The summed E-state index contributed by atoms with van der Waals surface area (Å²) in [5, 5.41) is 14.3. The van der Waals surface area contributed by atoms with Crippen LogP contribution in [0.1, 0.15) is 19.3 Å². The fraction of sp³-hybridized carbons (Fsp3) is 0.667. The third-order valence-electron chi connectivity index (χ3n) is 4.12. The Labute approximate surface area is 99.7 Å². The number of fused-ring (bicyclic) bond motifs is 2. The zero-order chi connectivity index (χ0) is 11.9. The van der Waals surface area contributed by atoms with Crippen molar-refractivity contribution in [3.8, 4) is 0 Å². The van der Waals surface area contributed by atoms with E-state index in [0.29, 0.717) is 6.42 Å². The van der Waals surface area contributed by atoms with Gasteiger partial charge in [0.2, 0.25) is 6.04 Å². The van der Waals surface area contributed by atoms with E-state index in [-0.39, 0.29) is 10.3 Å². The molecule has 0 aromatic rings. The van der Waals surface area contributed by atoms with Crippen molar-refractivity contribution in [1.82, 2.24) is 5.32 Å². The molecule has 2 heterocycles. The summed E-state index contributed by atoms with van der Waals surface area (Å²) >= 11 is 0. The third-order valence-corrected chi connectivity index (χ3v) is 4.12. The van der Waals surface area contributed by atoms with Gasteiger partial charge in [0, 0.05) is 42.2 Å². The smallest absolute Gasteiger partial charge is 0.235 e. The second kappa shape index (κ2) is 3.84. The van der Waals surface area contributed by atoms with Crippen LogP contribution in [0.4, 0.5) is 0 Å². The van der Waals surface area contributed by atoms with Crippen LogP contribution in [0.25, 0.3) is 0 Å². The molecule has 92 valence electrons. The second-order valence-electron chi connectivity index (χ2n) is 5.03. The average Bonchev–Trinajstić information content (AvgIpc) is 2.69. The Balaban J connectivity index is 1.93. The molecule has 1 N–H and O–H groups in total. The number of nitrogens with zero attached hydrogens (tertiary/aromatic N) is 1. The SMILES string of the molecule is O=[N+]([O-])C1C=C2C(=CC1)NCC21CCOCC1. The molecule has 5 heteroatoms. The maximum Gasteiger partial charge on any atom is 0.235 e. The number of nitrogens with one attached hydrogen (secondary N) is 1. The fourth-order valence-electron chi connectivity index (χ4n) is 3.04. The summed E-state index contributed by atoms with van der Waals surface area (Å²) < 4.78 is 5.40. The fourth-order valence-corrected chi connectivity index (χ4v) is 3.04. The summed E-state index contributed by atoms with van der Waals surface area (Å²) in [6, 6.07) is -0.548. The van der Waals surface area contributed by atoms with E-state index >= 15 is 0 Å². The van der Waals surface area contributed by atoms with Gasteiger partial charge in [-0.1, -0.05) is 6.08 Å². The molecule has 0 radical (unpaired) electrons. The van der Waals surface area contributed by atoms with Crippen LogP contribution in [0, 0.1) is 15.5 Å². The minimum Gasteiger partial charge on any atom is -0.384 e. The van der Waals surface area contributed by atoms with Gasteiger partial charge in [-0.15, -0.1) is 0 Å². The van der Waals surface area contributed by atoms with Crippen LogP contribution in [-0.4, -0.2) is 30.7 Å². The van der Waals surface area contributed by atoms with Crippen LogP contribution in [0.3, 0.4) is 0 Å². The molecule has 3 rings (SSSR count). The zero-order valence-corrected chi connectivity index (χ0v) is 9.65. The molecule has 1 unspecified atom stereocenters. The molecule has 2 saturated heterocycles. The van der Waals surface area contributed by atoms with Gasteiger partial charge in [0.1, 0.15) is 0 Å². The van der Waals surface area contributed by atoms with Gasteiger partial charge in [0.05, 0.1) is 0 Å². The van der Waals surface area contributed by atoms with Crippen LogP contribution >= 0.6 is 0 Å².